The van der Waals surface area contributed by atoms with Gasteiger partial charge in [-0.2, -0.15) is 0 Å². The molecule has 2 heterocycles. The van der Waals surface area contributed by atoms with E-state index in [0.29, 0.717) is 31.8 Å². The van der Waals surface area contributed by atoms with Gasteiger partial charge in [0.15, 0.2) is 0 Å². The van der Waals surface area contributed by atoms with E-state index in [4.69, 9.17) is 10.5 Å². The van der Waals surface area contributed by atoms with Crippen LogP contribution in [-0.2, 0) is 9.59 Å². The average molecular weight is 360 g/mol. The lowest BCUT2D eigenvalue weighted by molar-refractivity contribution is -0.152. The summed E-state index contributed by atoms with van der Waals surface area (Å²) < 4.78 is 5.32. The largest absolute Gasteiger partial charge is 0.415 e. The number of para-hydroxylation sites is 1. The Bertz CT molecular complexity index is 666. The molecule has 2 fully saturated rings. The highest BCUT2D eigenvalue weighted by molar-refractivity contribution is 5.97. The number of rotatable bonds is 5. The highest BCUT2D eigenvalue weighted by Crippen LogP contribution is 2.20. The molecule has 2 aliphatic heterocycles. The van der Waals surface area contributed by atoms with Crippen molar-refractivity contribution in [3.63, 3.8) is 0 Å². The number of ether oxygens (including phenoxy) is 1. The summed E-state index contributed by atoms with van der Waals surface area (Å²) in [5.74, 6) is 0.145. The molecule has 3 N–H and O–H groups in total. The number of carbonyl (C=O) groups is 3. The van der Waals surface area contributed by atoms with Gasteiger partial charge in [-0.3, -0.25) is 9.59 Å². The van der Waals surface area contributed by atoms with Crippen LogP contribution in [0.5, 0.6) is 5.75 Å². The van der Waals surface area contributed by atoms with Gasteiger partial charge < -0.3 is 25.6 Å². The number of hydrogen-bond acceptors (Lipinski definition) is 5. The van der Waals surface area contributed by atoms with E-state index in [2.05, 4.69) is 5.32 Å². The molecule has 3 amide bonds. The van der Waals surface area contributed by atoms with Crippen molar-refractivity contribution >= 4 is 17.9 Å². The van der Waals surface area contributed by atoms with Crippen LogP contribution in [0.25, 0.3) is 0 Å². The van der Waals surface area contributed by atoms with Gasteiger partial charge in [-0.05, 0) is 37.9 Å². The van der Waals surface area contributed by atoms with Crippen molar-refractivity contribution in [1.82, 2.24) is 15.1 Å². The number of nitrogens with zero attached hydrogens (tertiary/aromatic N) is 2. The molecule has 26 heavy (non-hydrogen) atoms. The molecule has 2 atom stereocenters. The van der Waals surface area contributed by atoms with Crippen molar-refractivity contribution in [2.75, 3.05) is 26.2 Å². The maximum absolute atomic E-state index is 12.6. The summed E-state index contributed by atoms with van der Waals surface area (Å²) in [7, 11) is 0. The standard InChI is InChI=1S/C18H24N4O4/c19-9-5-4-8-14-17(24)22-11-10-21(12-15(22)16(23)20-14)18(25)26-13-6-2-1-3-7-13/h1-3,6-7,14-15H,4-5,8-12,19H2,(H,20,23)/t14-,15+/m0/s1. The predicted molar refractivity (Wildman–Crippen MR) is 94.4 cm³/mol. The lowest BCUT2D eigenvalue weighted by Crippen LogP contribution is -2.69. The Kier molecular flexibility index (Phi) is 5.72. The molecule has 140 valence electrons. The van der Waals surface area contributed by atoms with Gasteiger partial charge in [-0.15, -0.1) is 0 Å². The summed E-state index contributed by atoms with van der Waals surface area (Å²) in [6.07, 6.45) is 1.69. The van der Waals surface area contributed by atoms with E-state index >= 15 is 0 Å². The van der Waals surface area contributed by atoms with Gasteiger partial charge in [0.05, 0.1) is 6.54 Å². The fourth-order valence-electron chi connectivity index (χ4n) is 3.31. The Morgan fingerprint density at radius 1 is 1.19 bits per heavy atom. The van der Waals surface area contributed by atoms with Crippen LogP contribution < -0.4 is 15.8 Å². The summed E-state index contributed by atoms with van der Waals surface area (Å²) in [4.78, 5) is 40.4. The van der Waals surface area contributed by atoms with Crippen LogP contribution in [0.4, 0.5) is 4.79 Å². The smallest absolute Gasteiger partial charge is 0.410 e. The quantitative estimate of drug-likeness (QED) is 0.736. The number of nitrogens with one attached hydrogen (secondary N) is 1. The van der Waals surface area contributed by atoms with Gasteiger partial charge in [-0.25, -0.2) is 4.79 Å². The van der Waals surface area contributed by atoms with Crippen LogP contribution in [0.15, 0.2) is 30.3 Å². The molecule has 1 aromatic rings. The molecular weight excluding hydrogens is 336 g/mol. The topological polar surface area (TPSA) is 105 Å². The minimum Gasteiger partial charge on any atom is -0.410 e. The fourth-order valence-corrected chi connectivity index (χ4v) is 3.31. The zero-order valence-corrected chi connectivity index (χ0v) is 14.6. The van der Waals surface area contributed by atoms with Crippen LogP contribution in [0.1, 0.15) is 19.3 Å². The monoisotopic (exact) mass is 360 g/mol. The highest BCUT2D eigenvalue weighted by Gasteiger charge is 2.44. The Balaban J connectivity index is 1.59. The van der Waals surface area contributed by atoms with Crippen molar-refractivity contribution in [3.8, 4) is 5.75 Å². The molecule has 0 bridgehead atoms. The summed E-state index contributed by atoms with van der Waals surface area (Å²) in [6.45, 7) is 1.38. The van der Waals surface area contributed by atoms with Gasteiger partial charge in [0.1, 0.15) is 17.8 Å². The number of piperazine rings is 2. The summed E-state index contributed by atoms with van der Waals surface area (Å²) in [5.41, 5.74) is 5.48. The van der Waals surface area contributed by atoms with E-state index in [9.17, 15) is 14.4 Å². The summed E-state index contributed by atoms with van der Waals surface area (Å²) in [5, 5.41) is 2.78. The van der Waals surface area contributed by atoms with Gasteiger partial charge in [0, 0.05) is 13.1 Å². The van der Waals surface area contributed by atoms with Crippen LogP contribution in [0.3, 0.4) is 0 Å². The molecule has 0 radical (unpaired) electrons. The van der Waals surface area contributed by atoms with Crippen LogP contribution >= 0.6 is 0 Å². The first-order valence-corrected chi connectivity index (χ1v) is 8.93. The number of benzene rings is 1. The molecule has 2 saturated heterocycles. The molecule has 0 unspecified atom stereocenters. The van der Waals surface area contributed by atoms with E-state index < -0.39 is 18.2 Å². The third-order valence-electron chi connectivity index (χ3n) is 4.73. The zero-order valence-electron chi connectivity index (χ0n) is 14.6. The predicted octanol–water partition coefficient (Wildman–Crippen LogP) is 0.326. The van der Waals surface area contributed by atoms with Crippen molar-refractivity contribution in [1.29, 1.82) is 0 Å². The SMILES string of the molecule is NCCCC[C@@H]1NC(=O)[C@H]2CN(C(=O)Oc3ccccc3)CCN2C1=O. The van der Waals surface area contributed by atoms with Gasteiger partial charge >= 0.3 is 6.09 Å². The van der Waals surface area contributed by atoms with Crippen molar-refractivity contribution in [3.05, 3.63) is 30.3 Å². The zero-order chi connectivity index (χ0) is 18.5. The molecule has 0 aliphatic carbocycles. The molecule has 2 aliphatic rings. The molecule has 0 aromatic heterocycles. The second kappa shape index (κ2) is 8.18. The highest BCUT2D eigenvalue weighted by atomic mass is 16.6. The number of unbranched alkanes of at least 4 members (excludes halogenated alkanes) is 1. The van der Waals surface area contributed by atoms with Crippen molar-refractivity contribution < 1.29 is 19.1 Å². The maximum Gasteiger partial charge on any atom is 0.415 e. The second-order valence-corrected chi connectivity index (χ2v) is 6.52. The van der Waals surface area contributed by atoms with E-state index in [0.717, 1.165) is 12.8 Å². The van der Waals surface area contributed by atoms with Gasteiger partial charge in [-0.1, -0.05) is 18.2 Å². The summed E-state index contributed by atoms with van der Waals surface area (Å²) >= 11 is 0. The first kappa shape index (κ1) is 18.2. The number of fused-ring (bicyclic) bond motifs is 1. The molecule has 8 heteroatoms. The van der Waals surface area contributed by atoms with Gasteiger partial charge in [0.25, 0.3) is 0 Å². The first-order valence-electron chi connectivity index (χ1n) is 8.93. The number of hydrogen-bond donors (Lipinski definition) is 2. The van der Waals surface area contributed by atoms with Crippen molar-refractivity contribution in [2.45, 2.75) is 31.3 Å². The van der Waals surface area contributed by atoms with Crippen molar-refractivity contribution in [2.24, 2.45) is 5.73 Å². The first-order chi connectivity index (χ1) is 12.6. The van der Waals surface area contributed by atoms with E-state index in [1.807, 2.05) is 6.07 Å². The third-order valence-corrected chi connectivity index (χ3v) is 4.73. The Labute approximate surface area is 152 Å². The number of carbonyl (C=O) groups excluding carboxylic acids is 3. The molecule has 0 spiro atoms. The molecule has 8 nitrogen and oxygen atoms in total. The number of nitrogens with two attached hydrogens (primary N) is 1. The van der Waals surface area contributed by atoms with E-state index in [-0.39, 0.29) is 18.4 Å². The second-order valence-electron chi connectivity index (χ2n) is 6.52. The number of amides is 3. The van der Waals surface area contributed by atoms with Crippen LogP contribution in [0.2, 0.25) is 0 Å². The maximum atomic E-state index is 12.6. The lowest BCUT2D eigenvalue weighted by atomic mass is 10.0. The molecule has 1 aromatic carbocycles. The van der Waals surface area contributed by atoms with Crippen LogP contribution in [-0.4, -0.2) is 66.0 Å². The van der Waals surface area contributed by atoms with E-state index in [1.165, 1.54) is 4.90 Å². The minimum atomic E-state index is -0.662. The molecule has 3 rings (SSSR count). The van der Waals surface area contributed by atoms with Gasteiger partial charge in [0.2, 0.25) is 11.8 Å². The normalized spacial score (nSPS) is 22.7. The Morgan fingerprint density at radius 3 is 2.69 bits per heavy atom. The molecular formula is C18H24N4O4. The lowest BCUT2D eigenvalue weighted by Gasteiger charge is -2.44. The third kappa shape index (κ3) is 3.96. The summed E-state index contributed by atoms with van der Waals surface area (Å²) in [6, 6.07) is 7.61. The Hall–Kier alpha value is -2.61. The minimum absolute atomic E-state index is 0.0808. The molecule has 0 saturated carbocycles. The Morgan fingerprint density at radius 2 is 1.96 bits per heavy atom. The average Bonchev–Trinajstić information content (AvgIpc) is 2.66. The van der Waals surface area contributed by atoms with E-state index in [1.54, 1.807) is 29.2 Å². The fraction of sp³-hybridized carbons (Fsp3) is 0.500. The van der Waals surface area contributed by atoms with Crippen LogP contribution in [0, 0.1) is 0 Å².